The van der Waals surface area contributed by atoms with E-state index in [1.165, 1.54) is 109 Å². The van der Waals surface area contributed by atoms with Crippen LogP contribution < -0.4 is 0 Å². The Bertz CT molecular complexity index is 4250. The van der Waals surface area contributed by atoms with Gasteiger partial charge < -0.3 is 0 Å². The van der Waals surface area contributed by atoms with E-state index in [1.807, 2.05) is 0 Å². The van der Waals surface area contributed by atoms with Crippen molar-refractivity contribution in [1.82, 2.24) is 29.9 Å². The van der Waals surface area contributed by atoms with Gasteiger partial charge >= 0.3 is 0 Å². The van der Waals surface area contributed by atoms with E-state index in [0.29, 0.717) is 0 Å². The molecule has 0 N–H and O–H groups in total. The van der Waals surface area contributed by atoms with E-state index >= 15 is 0 Å². The molecule has 10 rings (SSSR count). The minimum atomic E-state index is -0.0956. The average Bonchev–Trinajstić information content (AvgIpc) is 3.53. The van der Waals surface area contributed by atoms with Gasteiger partial charge in [-0.2, -0.15) is 42.1 Å². The van der Waals surface area contributed by atoms with E-state index in [1.54, 1.807) is 0 Å². The number of aromatic nitrogens is 6. The molecule has 0 aliphatic rings. The largest absolute Gasteiger partial charge is 0.238 e. The van der Waals surface area contributed by atoms with Gasteiger partial charge in [0.15, 0.2) is 40.2 Å². The van der Waals surface area contributed by atoms with Crippen LogP contribution in [0.25, 0.3) is 120 Å². The van der Waals surface area contributed by atoms with E-state index in [9.17, 15) is 42.1 Å². The van der Waals surface area contributed by atoms with E-state index in [2.05, 4.69) is 67.9 Å². The van der Waals surface area contributed by atoms with Crippen LogP contribution in [-0.2, 0) is 0 Å². The molecule has 10 aromatic rings. The SMILES string of the molecule is [C-]#[N+]c1cc(C#N)cc(-c2nc(-c3cc(C#N)cc(C#N)c3)c3c4nc(-c5cc(C#N)cc(C#N)c5)nc(-c5cc(C#N)cc([N+]#[C-])c5)c4c4nc(-c5cc(C#N)cc([N+]#[C-])c5)nc(-c5cc(C#N)cc([N+]#[C-])c5)c4c3n2)c1. The maximum atomic E-state index is 10.4. The topological polar surface area (TPSA) is 285 Å². The van der Waals surface area contributed by atoms with Crippen LogP contribution in [0.15, 0.2) is 109 Å². The molecule has 18 heteroatoms. The molecule has 0 radical (unpaired) electrons. The molecule has 0 aliphatic heterocycles. The molecule has 348 valence electrons. The molecular formula is C60H18N18. The fourth-order valence-electron chi connectivity index (χ4n) is 8.88. The third kappa shape index (κ3) is 8.51. The average molecular weight is 991 g/mol. The maximum absolute atomic E-state index is 10.4. The highest BCUT2D eigenvalue weighted by atomic mass is 15.0. The molecule has 18 nitrogen and oxygen atoms in total. The molecule has 0 aliphatic carbocycles. The molecular weight excluding hydrogens is 973 g/mol. The van der Waals surface area contributed by atoms with Crippen LogP contribution in [0.5, 0.6) is 0 Å². The van der Waals surface area contributed by atoms with Gasteiger partial charge in [0, 0.05) is 44.5 Å². The minimum absolute atomic E-state index is 0.000537. The molecule has 7 aromatic carbocycles. The van der Waals surface area contributed by atoms with Crippen LogP contribution in [0.4, 0.5) is 22.7 Å². The second-order valence-corrected chi connectivity index (χ2v) is 16.9. The van der Waals surface area contributed by atoms with Gasteiger partial charge in [-0.15, -0.1) is 0 Å². The van der Waals surface area contributed by atoms with Crippen molar-refractivity contribution in [3.63, 3.8) is 0 Å². The Balaban J connectivity index is 1.59. The molecule has 0 amide bonds. The smallest absolute Gasteiger partial charge is 0.189 e. The summed E-state index contributed by atoms with van der Waals surface area (Å²) in [6.45, 7) is 32.0. The van der Waals surface area contributed by atoms with Crippen LogP contribution >= 0.6 is 0 Å². The number of fused-ring (bicyclic) bond motifs is 6. The predicted molar refractivity (Wildman–Crippen MR) is 281 cm³/mol. The first kappa shape index (κ1) is 48.1. The Morgan fingerprint density at radius 2 is 0.462 bits per heavy atom. The maximum Gasteiger partial charge on any atom is 0.189 e. The second-order valence-electron chi connectivity index (χ2n) is 16.9. The highest BCUT2D eigenvalue weighted by molar-refractivity contribution is 6.30. The zero-order valence-electron chi connectivity index (χ0n) is 39.4. The van der Waals surface area contributed by atoms with Crippen molar-refractivity contribution < 1.29 is 0 Å². The van der Waals surface area contributed by atoms with Crippen molar-refractivity contribution in [2.75, 3.05) is 0 Å². The molecule has 0 atom stereocenters. The highest BCUT2D eigenvalue weighted by Crippen LogP contribution is 2.47. The molecule has 0 spiro atoms. The van der Waals surface area contributed by atoms with Crippen LogP contribution in [0.1, 0.15) is 44.5 Å². The van der Waals surface area contributed by atoms with E-state index in [-0.39, 0.29) is 168 Å². The lowest BCUT2D eigenvalue weighted by atomic mass is 9.92. The van der Waals surface area contributed by atoms with Gasteiger partial charge in [0.1, 0.15) is 0 Å². The van der Waals surface area contributed by atoms with Crippen molar-refractivity contribution in [3.8, 4) is 116 Å². The lowest BCUT2D eigenvalue weighted by Gasteiger charge is -2.20. The standard InChI is InChI=1S/C60H18N18/c1-69-45-15-35(27-65)9-40(19-45)53-50-55(76-58(74-53)42-11-33(25-63)6-34(12-42)26-64)49-52(39-7-31(23-61)5-32(8-39)24-62)73-59(43-13-37(29-67)17-47(21-43)71-3)77-56(49)51-54(41-10-36(28-66)16-46(20-41)70-2)75-60(78-57(50)51)44-14-38(30-68)18-48(22-44)72-4/h5-22H. The van der Waals surface area contributed by atoms with E-state index in [0.717, 1.165) is 0 Å². The molecule has 3 heterocycles. The van der Waals surface area contributed by atoms with Gasteiger partial charge in [-0.1, -0.05) is 0 Å². The summed E-state index contributed by atoms with van der Waals surface area (Å²) in [5.74, 6) is -0.277. The van der Waals surface area contributed by atoms with Gasteiger partial charge in [-0.3, -0.25) is 0 Å². The lowest BCUT2D eigenvalue weighted by molar-refractivity contribution is 1.20. The fourth-order valence-corrected chi connectivity index (χ4v) is 8.88. The van der Waals surface area contributed by atoms with Crippen molar-refractivity contribution >= 4 is 55.5 Å². The number of benzene rings is 7. The highest BCUT2D eigenvalue weighted by Gasteiger charge is 2.29. The van der Waals surface area contributed by atoms with Crippen LogP contribution in [-0.4, -0.2) is 29.9 Å². The minimum Gasteiger partial charge on any atom is -0.238 e. The number of hydrogen-bond acceptors (Lipinski definition) is 14. The summed E-state index contributed by atoms with van der Waals surface area (Å²) in [4.78, 5) is 45.5. The summed E-state index contributed by atoms with van der Waals surface area (Å²) in [6, 6.07) is 42.6. The van der Waals surface area contributed by atoms with Crippen molar-refractivity contribution in [2.24, 2.45) is 0 Å². The first-order chi connectivity index (χ1) is 38.0. The summed E-state index contributed by atoms with van der Waals surface area (Å²) in [6.07, 6.45) is 0. The molecule has 0 fully saturated rings. The molecule has 78 heavy (non-hydrogen) atoms. The number of rotatable bonds is 6. The third-order valence-corrected chi connectivity index (χ3v) is 12.1. The molecule has 0 saturated carbocycles. The Labute approximate surface area is 441 Å². The first-order valence-electron chi connectivity index (χ1n) is 22.4. The summed E-state index contributed by atoms with van der Waals surface area (Å²) in [5, 5.41) is 82.5. The monoisotopic (exact) mass is 990 g/mol. The van der Waals surface area contributed by atoms with Crippen molar-refractivity contribution in [1.29, 1.82) is 42.1 Å². The summed E-state index contributed by atoms with van der Waals surface area (Å²) in [5.41, 5.74) is 1.76. The third-order valence-electron chi connectivity index (χ3n) is 12.1. The van der Waals surface area contributed by atoms with E-state index < -0.39 is 0 Å². The van der Waals surface area contributed by atoms with Crippen molar-refractivity contribution in [3.05, 3.63) is 199 Å². The molecule has 0 saturated heterocycles. The van der Waals surface area contributed by atoms with Crippen molar-refractivity contribution in [2.45, 2.75) is 0 Å². The Morgan fingerprint density at radius 3 is 0.705 bits per heavy atom. The summed E-state index contributed by atoms with van der Waals surface area (Å²) in [7, 11) is 0. The Morgan fingerprint density at radius 1 is 0.256 bits per heavy atom. The predicted octanol–water partition coefficient (Wildman–Crippen LogP) is 12.7. The van der Waals surface area contributed by atoms with Crippen LogP contribution in [0.3, 0.4) is 0 Å². The van der Waals surface area contributed by atoms with E-state index in [4.69, 9.17) is 56.2 Å². The summed E-state index contributed by atoms with van der Waals surface area (Å²) < 4.78 is 0. The fraction of sp³-hybridized carbons (Fsp3) is 0. The van der Waals surface area contributed by atoms with Gasteiger partial charge in [0.2, 0.25) is 0 Å². The zero-order chi connectivity index (χ0) is 54.8. The van der Waals surface area contributed by atoms with Gasteiger partial charge in [0.05, 0.1) is 147 Å². The van der Waals surface area contributed by atoms with Gasteiger partial charge in [-0.25, -0.2) is 49.3 Å². The Kier molecular flexibility index (Phi) is 12.1. The molecule has 3 aromatic heterocycles. The Hall–Kier alpha value is -13.6. The van der Waals surface area contributed by atoms with Crippen LogP contribution in [0.2, 0.25) is 0 Å². The van der Waals surface area contributed by atoms with Gasteiger partial charge in [0.25, 0.3) is 0 Å². The number of nitrogens with zero attached hydrogens (tertiary/aromatic N) is 18. The number of hydrogen-bond donors (Lipinski definition) is 0. The second kappa shape index (κ2) is 19.6. The van der Waals surface area contributed by atoms with Crippen LogP contribution in [0, 0.1) is 117 Å². The quantitative estimate of drug-likeness (QED) is 0.111. The summed E-state index contributed by atoms with van der Waals surface area (Å²) >= 11 is 0. The molecule has 0 unspecified atom stereocenters. The normalized spacial score (nSPS) is 10.2. The zero-order valence-corrected chi connectivity index (χ0v) is 39.4. The number of nitriles is 8. The lowest BCUT2D eigenvalue weighted by Crippen LogP contribution is -2.05. The first-order valence-corrected chi connectivity index (χ1v) is 22.4. The molecule has 0 bridgehead atoms. The van der Waals surface area contributed by atoms with Gasteiger partial charge in [-0.05, 0) is 120 Å².